The number of hydrogen-bond acceptors (Lipinski definition) is 5. The van der Waals surface area contributed by atoms with Crippen LogP contribution < -0.4 is 5.32 Å². The molecule has 0 aliphatic carbocycles. The van der Waals surface area contributed by atoms with E-state index in [9.17, 15) is 4.79 Å². The Balaban J connectivity index is 1.66. The fourth-order valence-electron chi connectivity index (χ4n) is 2.84. The molecule has 0 radical (unpaired) electrons. The highest BCUT2D eigenvalue weighted by Crippen LogP contribution is 2.22. The monoisotopic (exact) mass is 416 g/mol. The van der Waals surface area contributed by atoms with Crippen molar-refractivity contribution in [3.63, 3.8) is 0 Å². The first-order chi connectivity index (χ1) is 13.6. The molecule has 0 spiro atoms. The van der Waals surface area contributed by atoms with E-state index in [2.05, 4.69) is 22.3 Å². The lowest BCUT2D eigenvalue weighted by Gasteiger charge is -2.13. The van der Waals surface area contributed by atoms with Gasteiger partial charge < -0.3 is 5.32 Å². The minimum Gasteiger partial charge on any atom is -0.335 e. The number of hydrogen-bond donors (Lipinski definition) is 1. The van der Waals surface area contributed by atoms with E-state index in [1.165, 1.54) is 0 Å². The third-order valence-corrected chi connectivity index (χ3v) is 5.85. The number of allylic oxidation sites excluding steroid dienone is 1. The number of unbranched alkanes of at least 4 members (excludes halogenated alkanes) is 1. The zero-order valence-electron chi connectivity index (χ0n) is 16.2. The second-order valence-corrected chi connectivity index (χ2v) is 8.10. The molecule has 1 aliphatic heterocycles. The van der Waals surface area contributed by atoms with Crippen LogP contribution in [-0.4, -0.2) is 33.0 Å². The molecule has 1 aliphatic rings. The lowest BCUT2D eigenvalue weighted by molar-refractivity contribution is 0.104. The normalized spacial score (nSPS) is 14.3. The number of aryl methyl sites for hydroxylation is 2. The maximum absolute atomic E-state index is 12.5. The molecule has 0 saturated carbocycles. The van der Waals surface area contributed by atoms with Gasteiger partial charge in [-0.15, -0.1) is 0 Å². The van der Waals surface area contributed by atoms with Crippen molar-refractivity contribution in [2.75, 3.05) is 17.6 Å². The maximum Gasteiger partial charge on any atom is 0.185 e. The van der Waals surface area contributed by atoms with E-state index in [0.29, 0.717) is 10.7 Å². The topological polar surface area (TPSA) is 59.3 Å². The summed E-state index contributed by atoms with van der Waals surface area (Å²) in [4.78, 5) is 17.0. The number of rotatable bonds is 7. The van der Waals surface area contributed by atoms with E-state index < -0.39 is 0 Å². The van der Waals surface area contributed by atoms with Gasteiger partial charge in [0.1, 0.15) is 5.15 Å². The lowest BCUT2D eigenvalue weighted by atomic mass is 10.1. The van der Waals surface area contributed by atoms with Crippen molar-refractivity contribution in [3.8, 4) is 0 Å². The number of carbonyl (C=O) groups is 1. The third kappa shape index (κ3) is 5.26. The van der Waals surface area contributed by atoms with Gasteiger partial charge in [-0.3, -0.25) is 14.5 Å². The van der Waals surface area contributed by atoms with Crippen LogP contribution in [0.15, 0.2) is 35.3 Å². The van der Waals surface area contributed by atoms with Crippen molar-refractivity contribution in [2.45, 2.75) is 39.7 Å². The Hall–Kier alpha value is -2.05. The number of aromatic nitrogens is 2. The SMILES string of the molecule is CCCCn1nc(C)c(/C=C/C(=O)c2ccc(NC3=NCCCS3)cc2)c1Cl. The van der Waals surface area contributed by atoms with Gasteiger partial charge in [0.15, 0.2) is 11.0 Å². The molecule has 148 valence electrons. The first kappa shape index (κ1) is 20.7. The summed E-state index contributed by atoms with van der Waals surface area (Å²) in [5.74, 6) is 1.03. The average molecular weight is 417 g/mol. The molecule has 1 aromatic heterocycles. The molecule has 0 saturated heterocycles. The fourth-order valence-corrected chi connectivity index (χ4v) is 4.01. The number of nitrogens with one attached hydrogen (secondary N) is 1. The zero-order chi connectivity index (χ0) is 19.9. The van der Waals surface area contributed by atoms with E-state index >= 15 is 0 Å². The van der Waals surface area contributed by atoms with E-state index in [-0.39, 0.29) is 5.78 Å². The van der Waals surface area contributed by atoms with E-state index in [0.717, 1.165) is 60.2 Å². The Morgan fingerprint density at radius 1 is 1.36 bits per heavy atom. The molecule has 0 amide bonds. The predicted octanol–water partition coefficient (Wildman–Crippen LogP) is 5.45. The zero-order valence-corrected chi connectivity index (χ0v) is 17.8. The average Bonchev–Trinajstić information content (AvgIpc) is 2.98. The van der Waals surface area contributed by atoms with Crippen molar-refractivity contribution in [3.05, 3.63) is 52.3 Å². The minimum atomic E-state index is -0.0623. The highest BCUT2D eigenvalue weighted by atomic mass is 35.5. The minimum absolute atomic E-state index is 0.0623. The van der Waals surface area contributed by atoms with Crippen LogP contribution in [0.3, 0.4) is 0 Å². The third-order valence-electron chi connectivity index (χ3n) is 4.45. The van der Waals surface area contributed by atoms with Gasteiger partial charge in [0.25, 0.3) is 0 Å². The van der Waals surface area contributed by atoms with Gasteiger partial charge in [-0.2, -0.15) is 5.10 Å². The molecule has 2 aromatic rings. The highest BCUT2D eigenvalue weighted by molar-refractivity contribution is 8.14. The summed E-state index contributed by atoms with van der Waals surface area (Å²) in [6.07, 6.45) is 6.54. The standard InChI is InChI=1S/C21H25ClN4OS/c1-3-4-13-26-20(22)18(15(2)25-26)10-11-19(27)16-6-8-17(9-7-16)24-21-23-12-5-14-28-21/h6-11H,3-5,12-14H2,1-2H3,(H,23,24)/b11-10+. The van der Waals surface area contributed by atoms with Crippen molar-refractivity contribution < 1.29 is 4.79 Å². The van der Waals surface area contributed by atoms with Gasteiger partial charge in [0.05, 0.1) is 5.69 Å². The number of benzene rings is 1. The number of halogens is 1. The summed E-state index contributed by atoms with van der Waals surface area (Å²) >= 11 is 8.15. The molecule has 1 aromatic carbocycles. The number of aliphatic imine (C=N–C) groups is 1. The van der Waals surface area contributed by atoms with E-state index in [4.69, 9.17) is 11.6 Å². The molecular weight excluding hydrogens is 392 g/mol. The number of amidine groups is 1. The summed E-state index contributed by atoms with van der Waals surface area (Å²) < 4.78 is 1.80. The van der Waals surface area contributed by atoms with Gasteiger partial charge in [0.2, 0.25) is 0 Å². The van der Waals surface area contributed by atoms with Gasteiger partial charge in [-0.05, 0) is 56.2 Å². The van der Waals surface area contributed by atoms with Crippen LogP contribution in [0.5, 0.6) is 0 Å². The summed E-state index contributed by atoms with van der Waals surface area (Å²) in [6, 6.07) is 7.45. The number of ketones is 1. The lowest BCUT2D eigenvalue weighted by Crippen LogP contribution is -2.13. The Bertz CT molecular complexity index is 887. The van der Waals surface area contributed by atoms with E-state index in [1.807, 2.05) is 31.2 Å². The Morgan fingerprint density at radius 3 is 2.82 bits per heavy atom. The van der Waals surface area contributed by atoms with Crippen molar-refractivity contribution in [1.29, 1.82) is 0 Å². The molecule has 5 nitrogen and oxygen atoms in total. The van der Waals surface area contributed by atoms with E-state index in [1.54, 1.807) is 28.6 Å². The molecule has 28 heavy (non-hydrogen) atoms. The summed E-state index contributed by atoms with van der Waals surface area (Å²) in [5.41, 5.74) is 3.20. The molecule has 0 atom stereocenters. The molecule has 0 unspecified atom stereocenters. The van der Waals surface area contributed by atoms with Gasteiger partial charge in [0, 0.05) is 35.7 Å². The van der Waals surface area contributed by atoms with Crippen LogP contribution in [0, 0.1) is 6.92 Å². The highest BCUT2D eigenvalue weighted by Gasteiger charge is 2.12. The van der Waals surface area contributed by atoms with Gasteiger partial charge in [-0.1, -0.05) is 36.7 Å². The smallest absolute Gasteiger partial charge is 0.185 e. The molecule has 2 heterocycles. The van der Waals surface area contributed by atoms with Crippen LogP contribution in [0.1, 0.15) is 47.8 Å². The largest absolute Gasteiger partial charge is 0.335 e. The maximum atomic E-state index is 12.5. The Kier molecular flexibility index (Phi) is 7.34. The summed E-state index contributed by atoms with van der Waals surface area (Å²) in [5, 5.41) is 9.28. The number of anilines is 1. The van der Waals surface area contributed by atoms with Crippen LogP contribution in [-0.2, 0) is 6.54 Å². The van der Waals surface area contributed by atoms with Crippen LogP contribution in [0.2, 0.25) is 5.15 Å². The summed E-state index contributed by atoms with van der Waals surface area (Å²) in [6.45, 7) is 5.70. The first-order valence-electron chi connectivity index (χ1n) is 9.58. The molecule has 7 heteroatoms. The molecule has 1 N–H and O–H groups in total. The van der Waals surface area contributed by atoms with Gasteiger partial charge >= 0.3 is 0 Å². The van der Waals surface area contributed by atoms with Crippen molar-refractivity contribution in [2.24, 2.45) is 4.99 Å². The number of thioether (sulfide) groups is 1. The first-order valence-corrected chi connectivity index (χ1v) is 10.9. The summed E-state index contributed by atoms with van der Waals surface area (Å²) in [7, 11) is 0. The van der Waals surface area contributed by atoms with Crippen molar-refractivity contribution in [1.82, 2.24) is 9.78 Å². The Morgan fingerprint density at radius 2 is 2.14 bits per heavy atom. The van der Waals surface area contributed by atoms with Crippen LogP contribution >= 0.6 is 23.4 Å². The van der Waals surface area contributed by atoms with Crippen molar-refractivity contribution >= 4 is 46.1 Å². The van der Waals surface area contributed by atoms with Crippen LogP contribution in [0.25, 0.3) is 6.08 Å². The quantitative estimate of drug-likeness (QED) is 0.481. The number of carbonyl (C=O) groups excluding carboxylic acids is 1. The second-order valence-electron chi connectivity index (χ2n) is 6.66. The molecule has 0 fully saturated rings. The second kappa shape index (κ2) is 9.94. The Labute approximate surface area is 175 Å². The number of nitrogens with zero attached hydrogens (tertiary/aromatic N) is 3. The van der Waals surface area contributed by atoms with Crippen LogP contribution in [0.4, 0.5) is 5.69 Å². The molecule has 3 rings (SSSR count). The molecular formula is C21H25ClN4OS. The predicted molar refractivity (Wildman–Crippen MR) is 120 cm³/mol. The molecule has 0 bridgehead atoms. The fraction of sp³-hybridized carbons (Fsp3) is 0.381. The van der Waals surface area contributed by atoms with Gasteiger partial charge in [-0.25, -0.2) is 0 Å².